The molecule has 2 atom stereocenters. The number of nitrogens with one attached hydrogen (secondary N) is 1. The van der Waals surface area contributed by atoms with Crippen LogP contribution in [0.5, 0.6) is 0 Å². The molecule has 0 bridgehead atoms. The van der Waals surface area contributed by atoms with Gasteiger partial charge in [-0.15, -0.1) is 0 Å². The number of nitrogens with two attached hydrogens (primary N) is 1. The first-order valence-electron chi connectivity index (χ1n) is 6.40. The van der Waals surface area contributed by atoms with E-state index in [4.69, 9.17) is 5.84 Å². The minimum absolute atomic E-state index is 0.0627. The van der Waals surface area contributed by atoms with Gasteiger partial charge in [-0.25, -0.2) is 0 Å². The lowest BCUT2D eigenvalue weighted by molar-refractivity contribution is -0.147. The average molecular weight is 322 g/mol. The molecule has 0 aliphatic carbocycles. The number of anilines is 1. The van der Waals surface area contributed by atoms with Crippen molar-refractivity contribution in [2.75, 3.05) is 12.0 Å². The Morgan fingerprint density at radius 3 is 2.55 bits per heavy atom. The second kappa shape index (κ2) is 7.43. The molecule has 22 heavy (non-hydrogen) atoms. The summed E-state index contributed by atoms with van der Waals surface area (Å²) < 4.78 is 42.5. The van der Waals surface area contributed by atoms with Gasteiger partial charge in [0.15, 0.2) is 0 Å². The van der Waals surface area contributed by atoms with E-state index in [0.29, 0.717) is 6.07 Å². The maximum atomic E-state index is 12.6. The number of hydrogen-bond acceptors (Lipinski definition) is 6. The van der Waals surface area contributed by atoms with Gasteiger partial charge in [-0.05, 0) is 19.1 Å². The van der Waals surface area contributed by atoms with Gasteiger partial charge >= 0.3 is 12.1 Å². The number of hydrogen-bond donors (Lipinski definition) is 4. The van der Waals surface area contributed by atoms with Crippen molar-refractivity contribution in [1.29, 1.82) is 0 Å². The van der Waals surface area contributed by atoms with E-state index in [9.17, 15) is 28.2 Å². The van der Waals surface area contributed by atoms with Crippen molar-refractivity contribution >= 4 is 11.7 Å². The topological polar surface area (TPSA) is 105 Å². The zero-order valence-corrected chi connectivity index (χ0v) is 11.7. The molecule has 0 fully saturated rings. The molecule has 1 aromatic rings. The number of ether oxygens (including phenoxy) is 1. The summed E-state index contributed by atoms with van der Waals surface area (Å²) in [4.78, 5) is 11.2. The number of carbonyl (C=O) groups excluding carboxylic acids is 1. The van der Waals surface area contributed by atoms with E-state index < -0.39 is 36.3 Å². The molecule has 9 heteroatoms. The maximum Gasteiger partial charge on any atom is 0.416 e. The van der Waals surface area contributed by atoms with Crippen LogP contribution in [-0.4, -0.2) is 28.9 Å². The Morgan fingerprint density at radius 1 is 1.41 bits per heavy atom. The number of benzene rings is 1. The van der Waals surface area contributed by atoms with Crippen LogP contribution in [0, 0.1) is 0 Å². The predicted molar refractivity (Wildman–Crippen MR) is 71.5 cm³/mol. The molecule has 0 heterocycles. The molecule has 1 rings (SSSR count). The third kappa shape index (κ3) is 4.58. The van der Waals surface area contributed by atoms with Gasteiger partial charge in [0.05, 0.1) is 30.4 Å². The standard InChI is InChI=1S/C13H17F3N2O4/c1-2-22-11(20)6-10(19)12(21)8-4-3-7(13(14,15)16)5-9(8)18-17/h3-5,10,12,18-19,21H,2,6,17H2,1H3. The molecule has 0 amide bonds. The van der Waals surface area contributed by atoms with Crippen LogP contribution in [0.25, 0.3) is 0 Å². The number of aliphatic hydroxyl groups excluding tert-OH is 2. The lowest BCUT2D eigenvalue weighted by Gasteiger charge is -2.21. The van der Waals surface area contributed by atoms with Gasteiger partial charge in [-0.3, -0.25) is 10.6 Å². The highest BCUT2D eigenvalue weighted by Gasteiger charge is 2.32. The zero-order valence-electron chi connectivity index (χ0n) is 11.7. The zero-order chi connectivity index (χ0) is 16.9. The summed E-state index contributed by atoms with van der Waals surface area (Å²) >= 11 is 0. The Hall–Kier alpha value is -1.84. The molecule has 6 nitrogen and oxygen atoms in total. The third-order valence-electron chi connectivity index (χ3n) is 2.90. The van der Waals surface area contributed by atoms with Crippen LogP contribution in [0.4, 0.5) is 18.9 Å². The molecule has 1 aromatic carbocycles. The number of aliphatic hydroxyl groups is 2. The molecule has 0 saturated carbocycles. The Bertz CT molecular complexity index is 522. The minimum atomic E-state index is -4.57. The Labute approximate surface area is 124 Å². The summed E-state index contributed by atoms with van der Waals surface area (Å²) in [6, 6.07) is 2.43. The summed E-state index contributed by atoms with van der Waals surface area (Å²) in [6.07, 6.45) is -8.21. The van der Waals surface area contributed by atoms with Crippen LogP contribution in [0.2, 0.25) is 0 Å². The Kier molecular flexibility index (Phi) is 6.15. The summed E-state index contributed by atoms with van der Waals surface area (Å²) in [6.45, 7) is 1.69. The Morgan fingerprint density at radius 2 is 2.05 bits per heavy atom. The molecule has 0 radical (unpaired) electrons. The summed E-state index contributed by atoms with van der Waals surface area (Å²) in [5, 5.41) is 19.8. The van der Waals surface area contributed by atoms with Crippen molar-refractivity contribution in [3.8, 4) is 0 Å². The number of esters is 1. The smallest absolute Gasteiger partial charge is 0.416 e. The van der Waals surface area contributed by atoms with Crippen LogP contribution in [0.3, 0.4) is 0 Å². The highest BCUT2D eigenvalue weighted by Crippen LogP contribution is 2.34. The first-order valence-corrected chi connectivity index (χ1v) is 6.40. The van der Waals surface area contributed by atoms with E-state index in [0.717, 1.165) is 12.1 Å². The van der Waals surface area contributed by atoms with Gasteiger partial charge in [0.1, 0.15) is 6.10 Å². The van der Waals surface area contributed by atoms with Crippen LogP contribution < -0.4 is 11.3 Å². The van der Waals surface area contributed by atoms with Gasteiger partial charge in [0, 0.05) is 5.56 Å². The van der Waals surface area contributed by atoms with Crippen molar-refractivity contribution in [2.45, 2.75) is 31.7 Å². The quantitative estimate of drug-likeness (QED) is 0.358. The molecular weight excluding hydrogens is 305 g/mol. The molecule has 0 saturated heterocycles. The fraction of sp³-hybridized carbons (Fsp3) is 0.462. The van der Waals surface area contributed by atoms with Gasteiger partial charge in [0.25, 0.3) is 0 Å². The normalized spacial score (nSPS) is 14.3. The molecule has 124 valence electrons. The first kappa shape index (κ1) is 18.2. The highest BCUT2D eigenvalue weighted by molar-refractivity contribution is 5.70. The molecular formula is C13H17F3N2O4. The number of halogens is 3. The minimum Gasteiger partial charge on any atom is -0.466 e. The maximum absolute atomic E-state index is 12.6. The number of carbonyl (C=O) groups is 1. The van der Waals surface area contributed by atoms with E-state index in [1.54, 1.807) is 6.92 Å². The van der Waals surface area contributed by atoms with Gasteiger partial charge in [-0.2, -0.15) is 13.2 Å². The molecule has 0 aliphatic heterocycles. The molecule has 2 unspecified atom stereocenters. The summed E-state index contributed by atoms with van der Waals surface area (Å²) in [7, 11) is 0. The van der Waals surface area contributed by atoms with Crippen molar-refractivity contribution < 1.29 is 32.9 Å². The van der Waals surface area contributed by atoms with Gasteiger partial charge < -0.3 is 20.4 Å². The fourth-order valence-corrected chi connectivity index (χ4v) is 1.83. The third-order valence-corrected chi connectivity index (χ3v) is 2.90. The van der Waals surface area contributed by atoms with E-state index >= 15 is 0 Å². The first-order chi connectivity index (χ1) is 10.2. The SMILES string of the molecule is CCOC(=O)CC(O)C(O)c1ccc(C(F)(F)F)cc1NN. The second-order valence-electron chi connectivity index (χ2n) is 4.47. The molecule has 0 aromatic heterocycles. The largest absolute Gasteiger partial charge is 0.466 e. The number of nitrogen functional groups attached to an aromatic ring is 1. The number of rotatable bonds is 6. The van der Waals surface area contributed by atoms with Crippen molar-refractivity contribution in [1.82, 2.24) is 0 Å². The predicted octanol–water partition coefficient (Wildman–Crippen LogP) is 1.34. The van der Waals surface area contributed by atoms with Gasteiger partial charge in [-0.1, -0.05) is 6.07 Å². The average Bonchev–Trinajstić information content (AvgIpc) is 2.44. The van der Waals surface area contributed by atoms with Crippen LogP contribution >= 0.6 is 0 Å². The lowest BCUT2D eigenvalue weighted by Crippen LogP contribution is -2.25. The van der Waals surface area contributed by atoms with Crippen LogP contribution in [0.1, 0.15) is 30.6 Å². The highest BCUT2D eigenvalue weighted by atomic mass is 19.4. The Balaban J connectivity index is 2.97. The van der Waals surface area contributed by atoms with Crippen LogP contribution in [-0.2, 0) is 15.7 Å². The number of hydrazine groups is 1. The molecule has 0 spiro atoms. The fourth-order valence-electron chi connectivity index (χ4n) is 1.83. The summed E-state index contributed by atoms with van der Waals surface area (Å²) in [5.41, 5.74) is 0.807. The van der Waals surface area contributed by atoms with E-state index in [1.165, 1.54) is 0 Å². The lowest BCUT2D eigenvalue weighted by atomic mass is 9.98. The van der Waals surface area contributed by atoms with Crippen molar-refractivity contribution in [3.63, 3.8) is 0 Å². The molecule has 0 aliphatic rings. The van der Waals surface area contributed by atoms with Crippen molar-refractivity contribution in [2.24, 2.45) is 5.84 Å². The molecule has 5 N–H and O–H groups in total. The second-order valence-corrected chi connectivity index (χ2v) is 4.47. The van der Waals surface area contributed by atoms with Crippen molar-refractivity contribution in [3.05, 3.63) is 29.3 Å². The monoisotopic (exact) mass is 322 g/mol. The van der Waals surface area contributed by atoms with E-state index in [1.807, 2.05) is 5.43 Å². The van der Waals surface area contributed by atoms with Gasteiger partial charge in [0.2, 0.25) is 0 Å². The van der Waals surface area contributed by atoms with E-state index in [-0.39, 0.29) is 17.9 Å². The number of alkyl halides is 3. The van der Waals surface area contributed by atoms with Crippen LogP contribution in [0.15, 0.2) is 18.2 Å². The summed E-state index contributed by atoms with van der Waals surface area (Å²) in [5.74, 6) is 4.41. The van der Waals surface area contributed by atoms with E-state index in [2.05, 4.69) is 4.74 Å².